The minimum Gasteiger partial charge on any atom is -0.444 e. The first-order chi connectivity index (χ1) is 20.9. The van der Waals surface area contributed by atoms with Crippen molar-refractivity contribution in [1.82, 2.24) is 20.4 Å². The van der Waals surface area contributed by atoms with Crippen LogP contribution in [-0.4, -0.2) is 82.1 Å². The third-order valence-electron chi connectivity index (χ3n) is 8.59. The summed E-state index contributed by atoms with van der Waals surface area (Å²) in [4.78, 5) is 57.2. The Morgan fingerprint density at radius 2 is 1.55 bits per heavy atom. The molecule has 2 heterocycles. The van der Waals surface area contributed by atoms with Gasteiger partial charge in [0.05, 0.1) is 6.04 Å². The van der Waals surface area contributed by atoms with Gasteiger partial charge in [0.15, 0.2) is 0 Å². The van der Waals surface area contributed by atoms with Crippen LogP contribution in [0.4, 0.5) is 4.79 Å². The number of fused-ring (bicyclic) bond motifs is 1. The van der Waals surface area contributed by atoms with Crippen LogP contribution in [0.2, 0.25) is 0 Å². The number of carbonyl (C=O) groups is 4. The minimum absolute atomic E-state index is 0.174. The van der Waals surface area contributed by atoms with Crippen LogP contribution in [0, 0.1) is 5.92 Å². The van der Waals surface area contributed by atoms with Gasteiger partial charge >= 0.3 is 6.09 Å². The fraction of sp³-hybridized carbons (Fsp3) is 0.529. The molecule has 0 radical (unpaired) electrons. The molecule has 2 aliphatic rings. The predicted molar refractivity (Wildman–Crippen MR) is 166 cm³/mol. The van der Waals surface area contributed by atoms with Crippen molar-refractivity contribution in [2.24, 2.45) is 5.92 Å². The summed E-state index contributed by atoms with van der Waals surface area (Å²) in [6, 6.07) is 16.2. The lowest BCUT2D eigenvalue weighted by molar-refractivity contribution is -0.144. The lowest BCUT2D eigenvalue weighted by atomic mass is 9.93. The fourth-order valence-electron chi connectivity index (χ4n) is 6.30. The Labute approximate surface area is 260 Å². The van der Waals surface area contributed by atoms with E-state index in [1.54, 1.807) is 32.6 Å². The maximum Gasteiger partial charge on any atom is 0.410 e. The van der Waals surface area contributed by atoms with Crippen LogP contribution in [-0.2, 0) is 19.1 Å². The van der Waals surface area contributed by atoms with Crippen LogP contribution in [0.5, 0.6) is 0 Å². The highest BCUT2D eigenvalue weighted by molar-refractivity contribution is 5.95. The molecule has 0 unspecified atom stereocenters. The Bertz CT molecular complexity index is 1260. The maximum absolute atomic E-state index is 14.2. The van der Waals surface area contributed by atoms with Crippen LogP contribution in [0.1, 0.15) is 77.0 Å². The molecule has 10 heteroatoms. The third kappa shape index (κ3) is 7.59. The molecule has 0 saturated carbocycles. The van der Waals surface area contributed by atoms with Crippen molar-refractivity contribution >= 4 is 23.8 Å². The van der Waals surface area contributed by atoms with E-state index in [4.69, 9.17) is 4.74 Å². The number of rotatable bonds is 9. The Morgan fingerprint density at radius 3 is 2.07 bits per heavy atom. The highest BCUT2D eigenvalue weighted by Gasteiger charge is 2.48. The Balaban J connectivity index is 1.55. The summed E-state index contributed by atoms with van der Waals surface area (Å²) in [6.07, 6.45) is 1.93. The number of ether oxygens (including phenoxy) is 1. The van der Waals surface area contributed by atoms with Gasteiger partial charge in [0, 0.05) is 25.6 Å². The van der Waals surface area contributed by atoms with Crippen molar-refractivity contribution in [3.8, 4) is 0 Å². The van der Waals surface area contributed by atoms with E-state index < -0.39 is 47.7 Å². The number of nitrogens with zero attached hydrogens (tertiary/aromatic N) is 2. The van der Waals surface area contributed by atoms with Gasteiger partial charge in [0.2, 0.25) is 17.7 Å². The molecule has 238 valence electrons. The first kappa shape index (κ1) is 33.0. The van der Waals surface area contributed by atoms with E-state index in [1.807, 2.05) is 60.7 Å². The van der Waals surface area contributed by atoms with Gasteiger partial charge < -0.3 is 25.4 Å². The maximum atomic E-state index is 14.2. The fourth-order valence-corrected chi connectivity index (χ4v) is 6.30. The second-order valence-corrected chi connectivity index (χ2v) is 12.8. The summed E-state index contributed by atoms with van der Waals surface area (Å²) in [5, 5.41) is 16.3. The molecule has 0 aromatic heterocycles. The molecule has 2 fully saturated rings. The number of aliphatic hydroxyl groups excluding tert-OH is 1. The average Bonchev–Trinajstić information content (AvgIpc) is 3.38. The average molecular weight is 607 g/mol. The number of hydrogen-bond donors (Lipinski definition) is 3. The molecule has 4 amide bonds. The second kappa shape index (κ2) is 14.2. The van der Waals surface area contributed by atoms with Crippen molar-refractivity contribution in [3.63, 3.8) is 0 Å². The number of likely N-dealkylation sites (N-methyl/N-ethyl adjacent to an activating group) is 1. The van der Waals surface area contributed by atoms with Gasteiger partial charge in [0.1, 0.15) is 23.7 Å². The number of hydrogen-bond acceptors (Lipinski definition) is 6. The highest BCUT2D eigenvalue weighted by atomic mass is 16.6. The van der Waals surface area contributed by atoms with Gasteiger partial charge in [-0.1, -0.05) is 67.6 Å². The molecular weight excluding hydrogens is 560 g/mol. The van der Waals surface area contributed by atoms with Crippen LogP contribution in [0.15, 0.2) is 60.7 Å². The zero-order chi connectivity index (χ0) is 32.0. The summed E-state index contributed by atoms with van der Waals surface area (Å²) in [7, 11) is 1.49. The van der Waals surface area contributed by atoms with E-state index >= 15 is 0 Å². The van der Waals surface area contributed by atoms with E-state index in [2.05, 4.69) is 10.6 Å². The Morgan fingerprint density at radius 1 is 0.977 bits per heavy atom. The third-order valence-corrected chi connectivity index (χ3v) is 8.59. The molecule has 3 N–H and O–H groups in total. The quantitative estimate of drug-likeness (QED) is 0.399. The predicted octanol–water partition coefficient (Wildman–Crippen LogP) is 3.78. The van der Waals surface area contributed by atoms with Crippen LogP contribution < -0.4 is 10.6 Å². The molecule has 0 spiro atoms. The largest absolute Gasteiger partial charge is 0.444 e. The molecule has 4 rings (SSSR count). The number of benzene rings is 2. The molecule has 2 aliphatic heterocycles. The molecule has 0 aliphatic carbocycles. The summed E-state index contributed by atoms with van der Waals surface area (Å²) >= 11 is 0. The number of amides is 4. The molecule has 44 heavy (non-hydrogen) atoms. The van der Waals surface area contributed by atoms with Crippen LogP contribution >= 0.6 is 0 Å². The molecule has 2 aromatic carbocycles. The summed E-state index contributed by atoms with van der Waals surface area (Å²) in [6.45, 7) is 6.72. The van der Waals surface area contributed by atoms with Gasteiger partial charge in [0.25, 0.3) is 0 Å². The summed E-state index contributed by atoms with van der Waals surface area (Å²) in [5.74, 6) is -1.68. The van der Waals surface area contributed by atoms with Gasteiger partial charge in [-0.05, 0) is 64.0 Å². The van der Waals surface area contributed by atoms with Crippen LogP contribution in [0.25, 0.3) is 0 Å². The summed E-state index contributed by atoms with van der Waals surface area (Å²) < 4.78 is 5.45. The van der Waals surface area contributed by atoms with Crippen molar-refractivity contribution in [3.05, 3.63) is 71.8 Å². The number of carbonyl (C=O) groups excluding carboxylic acids is 4. The topological polar surface area (TPSA) is 128 Å². The SMILES string of the molecule is CC[C@@H](C(=O)N[C@@H]1C(=O)N2[C@@H](CC[C@@H]1CO)CC[C@H]2C(=O)NC(c1ccccc1)c1ccccc1)N(C)C(=O)OC(C)(C)C. The Hall–Kier alpha value is -3.92. The van der Waals surface area contributed by atoms with E-state index in [0.29, 0.717) is 32.1 Å². The van der Waals surface area contributed by atoms with Crippen LogP contribution in [0.3, 0.4) is 0 Å². The molecule has 10 nitrogen and oxygen atoms in total. The van der Waals surface area contributed by atoms with Crippen molar-refractivity contribution in [2.45, 2.75) is 95.6 Å². The van der Waals surface area contributed by atoms with Gasteiger partial charge in [-0.2, -0.15) is 0 Å². The molecule has 5 atom stereocenters. The molecule has 2 saturated heterocycles. The van der Waals surface area contributed by atoms with Gasteiger partial charge in [-0.15, -0.1) is 0 Å². The van der Waals surface area contributed by atoms with Gasteiger partial charge in [-0.3, -0.25) is 19.3 Å². The first-order valence-electron chi connectivity index (χ1n) is 15.5. The number of nitrogens with one attached hydrogen (secondary N) is 2. The number of aliphatic hydroxyl groups is 1. The van der Waals surface area contributed by atoms with Crippen molar-refractivity contribution < 1.29 is 29.0 Å². The van der Waals surface area contributed by atoms with E-state index in [0.717, 1.165) is 11.1 Å². The second-order valence-electron chi connectivity index (χ2n) is 12.8. The Kier molecular flexibility index (Phi) is 10.7. The van der Waals surface area contributed by atoms with E-state index in [1.165, 1.54) is 11.9 Å². The smallest absolute Gasteiger partial charge is 0.410 e. The minimum atomic E-state index is -1.04. The van der Waals surface area contributed by atoms with Crippen molar-refractivity contribution in [2.75, 3.05) is 13.7 Å². The van der Waals surface area contributed by atoms with Crippen molar-refractivity contribution in [1.29, 1.82) is 0 Å². The zero-order valence-corrected chi connectivity index (χ0v) is 26.4. The normalized spacial score (nSPS) is 22.5. The van der Waals surface area contributed by atoms with Gasteiger partial charge in [-0.25, -0.2) is 4.79 Å². The first-order valence-corrected chi connectivity index (χ1v) is 15.5. The molecule has 0 bridgehead atoms. The molecular formula is C34H46N4O6. The lowest BCUT2D eigenvalue weighted by Gasteiger charge is -2.34. The van der Waals surface area contributed by atoms with E-state index in [-0.39, 0.29) is 24.5 Å². The lowest BCUT2D eigenvalue weighted by Crippen LogP contribution is -2.59. The molecule has 2 aromatic rings. The van der Waals surface area contributed by atoms with E-state index in [9.17, 15) is 24.3 Å². The summed E-state index contributed by atoms with van der Waals surface area (Å²) in [5.41, 5.74) is 1.11. The highest BCUT2D eigenvalue weighted by Crippen LogP contribution is 2.35. The zero-order valence-electron chi connectivity index (χ0n) is 26.4. The monoisotopic (exact) mass is 606 g/mol. The standard InChI is InChI=1S/C34H46N4O6/c1-6-26(37(5)33(43)44-34(2,3)4)30(40)36-29-24(21-39)17-18-25-19-20-27(38(25)32(29)42)31(41)35-28(22-13-9-7-10-14-22)23-15-11-8-12-16-23/h7-16,24-29,39H,6,17-21H2,1-5H3,(H,35,41)(H,36,40)/t24-,25+,26+,27+,29+/m1/s1.